The van der Waals surface area contributed by atoms with Crippen molar-refractivity contribution in [3.63, 3.8) is 0 Å². The standard InChI is InChI=1S/C23H30N2O2/c1-17-14-25-10-9-24(15-18-5-3-7-21(26)11-18)16-20(25)13-23(17,2)19-6-4-8-22(27)12-19/h3-8,11-12,17,20,26-27H,9-10,13-16H2,1-2H3. The molecule has 2 saturated heterocycles. The average molecular weight is 367 g/mol. The van der Waals surface area contributed by atoms with Gasteiger partial charge in [-0.05, 0) is 53.1 Å². The maximum absolute atomic E-state index is 9.97. The van der Waals surface area contributed by atoms with Crippen LogP contribution in [0, 0.1) is 5.92 Å². The normalized spacial score (nSPS) is 29.4. The lowest BCUT2D eigenvalue weighted by Gasteiger charge is -2.53. The first kappa shape index (κ1) is 18.3. The van der Waals surface area contributed by atoms with E-state index in [9.17, 15) is 10.2 Å². The molecular formula is C23H30N2O2. The minimum absolute atomic E-state index is 0.0773. The number of benzene rings is 2. The van der Waals surface area contributed by atoms with Crippen LogP contribution < -0.4 is 0 Å². The van der Waals surface area contributed by atoms with Gasteiger partial charge in [0.05, 0.1) is 0 Å². The molecule has 3 unspecified atom stereocenters. The van der Waals surface area contributed by atoms with Gasteiger partial charge in [-0.2, -0.15) is 0 Å². The molecule has 0 saturated carbocycles. The molecule has 27 heavy (non-hydrogen) atoms. The number of nitrogens with zero attached hydrogens (tertiary/aromatic N) is 2. The first-order chi connectivity index (χ1) is 12.9. The average Bonchev–Trinajstić information content (AvgIpc) is 2.63. The van der Waals surface area contributed by atoms with Crippen molar-refractivity contribution in [1.82, 2.24) is 9.80 Å². The molecule has 0 radical (unpaired) electrons. The predicted octanol–water partition coefficient (Wildman–Crippen LogP) is 3.58. The van der Waals surface area contributed by atoms with E-state index < -0.39 is 0 Å². The molecule has 2 heterocycles. The van der Waals surface area contributed by atoms with E-state index in [1.807, 2.05) is 24.3 Å². The zero-order valence-corrected chi connectivity index (χ0v) is 16.3. The van der Waals surface area contributed by atoms with Crippen LogP contribution >= 0.6 is 0 Å². The second kappa shape index (κ2) is 7.17. The monoisotopic (exact) mass is 366 g/mol. The van der Waals surface area contributed by atoms with Gasteiger partial charge in [0.25, 0.3) is 0 Å². The topological polar surface area (TPSA) is 46.9 Å². The van der Waals surface area contributed by atoms with Crippen LogP contribution in [-0.2, 0) is 12.0 Å². The van der Waals surface area contributed by atoms with E-state index in [0.29, 0.717) is 23.5 Å². The molecule has 2 N–H and O–H groups in total. The first-order valence-corrected chi connectivity index (χ1v) is 9.98. The van der Waals surface area contributed by atoms with Gasteiger partial charge in [0, 0.05) is 38.8 Å². The van der Waals surface area contributed by atoms with Gasteiger partial charge in [-0.1, -0.05) is 38.1 Å². The smallest absolute Gasteiger partial charge is 0.115 e. The zero-order valence-electron chi connectivity index (χ0n) is 16.3. The highest BCUT2D eigenvalue weighted by Crippen LogP contribution is 2.43. The molecule has 4 nitrogen and oxygen atoms in total. The fraction of sp³-hybridized carbons (Fsp3) is 0.478. The Bertz CT molecular complexity index is 808. The molecule has 0 amide bonds. The number of rotatable bonds is 3. The van der Waals surface area contributed by atoms with Crippen LogP contribution in [0.15, 0.2) is 48.5 Å². The Morgan fingerprint density at radius 1 is 1.00 bits per heavy atom. The number of piperazine rings is 1. The maximum atomic E-state index is 9.97. The van der Waals surface area contributed by atoms with E-state index in [0.717, 1.165) is 39.1 Å². The second-order valence-corrected chi connectivity index (χ2v) is 8.63. The number of aromatic hydroxyl groups is 2. The molecule has 144 valence electrons. The fourth-order valence-electron chi connectivity index (χ4n) is 4.96. The Morgan fingerprint density at radius 2 is 1.74 bits per heavy atom. The van der Waals surface area contributed by atoms with Crippen LogP contribution in [0.5, 0.6) is 11.5 Å². The van der Waals surface area contributed by atoms with E-state index in [4.69, 9.17) is 0 Å². The SMILES string of the molecule is CC1CN2CCN(Cc3cccc(O)c3)CC2CC1(C)c1cccc(O)c1. The van der Waals surface area contributed by atoms with Gasteiger partial charge in [0.2, 0.25) is 0 Å². The number of phenols is 2. The highest BCUT2D eigenvalue weighted by atomic mass is 16.3. The summed E-state index contributed by atoms with van der Waals surface area (Å²) >= 11 is 0. The molecule has 0 aromatic heterocycles. The summed E-state index contributed by atoms with van der Waals surface area (Å²) in [6.45, 7) is 9.92. The summed E-state index contributed by atoms with van der Waals surface area (Å²) in [5.41, 5.74) is 2.50. The van der Waals surface area contributed by atoms with Crippen LogP contribution in [0.3, 0.4) is 0 Å². The van der Waals surface area contributed by atoms with Gasteiger partial charge in [-0.25, -0.2) is 0 Å². The van der Waals surface area contributed by atoms with Crippen molar-refractivity contribution >= 4 is 0 Å². The summed E-state index contributed by atoms with van der Waals surface area (Å²) in [5, 5.41) is 19.7. The predicted molar refractivity (Wildman–Crippen MR) is 108 cm³/mol. The highest BCUT2D eigenvalue weighted by Gasteiger charge is 2.44. The summed E-state index contributed by atoms with van der Waals surface area (Å²) in [6, 6.07) is 16.0. The summed E-state index contributed by atoms with van der Waals surface area (Å²) < 4.78 is 0. The summed E-state index contributed by atoms with van der Waals surface area (Å²) in [7, 11) is 0. The van der Waals surface area contributed by atoms with Gasteiger partial charge in [-0.3, -0.25) is 9.80 Å². The Labute approximate surface area is 162 Å². The molecule has 0 aliphatic carbocycles. The second-order valence-electron chi connectivity index (χ2n) is 8.63. The Kier molecular flexibility index (Phi) is 4.87. The van der Waals surface area contributed by atoms with Crippen LogP contribution in [0.1, 0.15) is 31.4 Å². The minimum Gasteiger partial charge on any atom is -0.508 e. The molecular weight excluding hydrogens is 336 g/mol. The molecule has 3 atom stereocenters. The summed E-state index contributed by atoms with van der Waals surface area (Å²) in [5.74, 6) is 1.25. The lowest BCUT2D eigenvalue weighted by Crippen LogP contribution is -2.60. The van der Waals surface area contributed by atoms with Crippen molar-refractivity contribution in [1.29, 1.82) is 0 Å². The van der Waals surface area contributed by atoms with E-state index in [1.165, 1.54) is 11.1 Å². The zero-order chi connectivity index (χ0) is 19.0. The van der Waals surface area contributed by atoms with Crippen molar-refractivity contribution in [3.8, 4) is 11.5 Å². The summed E-state index contributed by atoms with van der Waals surface area (Å²) in [4.78, 5) is 5.16. The quantitative estimate of drug-likeness (QED) is 0.872. The van der Waals surface area contributed by atoms with Crippen molar-refractivity contribution in [2.45, 2.75) is 38.3 Å². The Balaban J connectivity index is 1.50. The number of piperidine rings is 1. The van der Waals surface area contributed by atoms with Crippen LogP contribution in [0.25, 0.3) is 0 Å². The van der Waals surface area contributed by atoms with E-state index in [1.54, 1.807) is 12.1 Å². The van der Waals surface area contributed by atoms with Crippen molar-refractivity contribution in [2.24, 2.45) is 5.92 Å². The Morgan fingerprint density at radius 3 is 2.48 bits per heavy atom. The van der Waals surface area contributed by atoms with E-state index in [2.05, 4.69) is 35.8 Å². The third-order valence-corrected chi connectivity index (χ3v) is 6.77. The molecule has 4 heteroatoms. The van der Waals surface area contributed by atoms with Crippen molar-refractivity contribution < 1.29 is 10.2 Å². The molecule has 2 aliphatic heterocycles. The Hall–Kier alpha value is -2.04. The molecule has 2 aliphatic rings. The molecule has 0 bridgehead atoms. The summed E-state index contributed by atoms with van der Waals surface area (Å²) in [6.07, 6.45) is 1.11. The molecule has 2 aromatic carbocycles. The van der Waals surface area contributed by atoms with E-state index >= 15 is 0 Å². The fourth-order valence-corrected chi connectivity index (χ4v) is 4.96. The number of hydrogen-bond acceptors (Lipinski definition) is 4. The largest absolute Gasteiger partial charge is 0.508 e. The third-order valence-electron chi connectivity index (χ3n) is 6.77. The molecule has 0 spiro atoms. The van der Waals surface area contributed by atoms with E-state index in [-0.39, 0.29) is 5.41 Å². The maximum Gasteiger partial charge on any atom is 0.115 e. The van der Waals surface area contributed by atoms with Crippen molar-refractivity contribution in [3.05, 3.63) is 59.7 Å². The van der Waals surface area contributed by atoms with Crippen LogP contribution in [0.4, 0.5) is 0 Å². The van der Waals surface area contributed by atoms with Crippen molar-refractivity contribution in [2.75, 3.05) is 26.2 Å². The number of phenolic OH excluding ortho intramolecular Hbond substituents is 2. The number of hydrogen-bond donors (Lipinski definition) is 2. The van der Waals surface area contributed by atoms with Gasteiger partial charge < -0.3 is 10.2 Å². The van der Waals surface area contributed by atoms with Gasteiger partial charge in [-0.15, -0.1) is 0 Å². The van der Waals surface area contributed by atoms with Gasteiger partial charge in [0.1, 0.15) is 11.5 Å². The van der Waals surface area contributed by atoms with Gasteiger partial charge >= 0.3 is 0 Å². The van der Waals surface area contributed by atoms with Crippen LogP contribution in [0.2, 0.25) is 0 Å². The lowest BCUT2D eigenvalue weighted by atomic mass is 9.65. The first-order valence-electron chi connectivity index (χ1n) is 9.98. The molecule has 2 fully saturated rings. The third kappa shape index (κ3) is 3.69. The van der Waals surface area contributed by atoms with Crippen LogP contribution in [-0.4, -0.2) is 52.2 Å². The minimum atomic E-state index is 0.0773. The number of fused-ring (bicyclic) bond motifs is 1. The lowest BCUT2D eigenvalue weighted by molar-refractivity contribution is -0.00558. The highest BCUT2D eigenvalue weighted by molar-refractivity contribution is 5.34. The van der Waals surface area contributed by atoms with Gasteiger partial charge in [0.15, 0.2) is 0 Å². The molecule has 4 rings (SSSR count). The molecule has 2 aromatic rings.